The Morgan fingerprint density at radius 2 is 1.46 bits per heavy atom. The molecule has 0 aliphatic carbocycles. The number of carbonyl (C=O) groups is 2. The fourth-order valence-corrected chi connectivity index (χ4v) is 4.77. The zero-order chi connectivity index (χ0) is 18.9. The monoisotopic (exact) mass is 375 g/mol. The van der Waals surface area contributed by atoms with Crippen LogP contribution in [0.2, 0.25) is 0 Å². The van der Waals surface area contributed by atoms with Gasteiger partial charge >= 0.3 is 5.97 Å². The van der Waals surface area contributed by atoms with Gasteiger partial charge in [0.15, 0.2) is 9.84 Å². The van der Waals surface area contributed by atoms with Crippen molar-refractivity contribution >= 4 is 21.7 Å². The van der Waals surface area contributed by atoms with Gasteiger partial charge in [-0.3, -0.25) is 4.79 Å². The second-order valence-electron chi connectivity index (χ2n) is 6.12. The number of nitrogens with one attached hydrogen (secondary N) is 1. The standard InChI is InChI=1S/C18H17NO6S/c20-16-10-26(24,25)9-15(16)19-17(21)13-7-3-1-5-11(13)12-6-2-4-8-14(12)18(22)23/h1-8,15-16,20H,9-10H2,(H,19,21)(H,22,23)/t15-,16+/m0/s1. The summed E-state index contributed by atoms with van der Waals surface area (Å²) in [6, 6.07) is 11.9. The molecule has 3 rings (SSSR count). The van der Waals surface area contributed by atoms with E-state index in [0.29, 0.717) is 11.1 Å². The van der Waals surface area contributed by atoms with Crippen molar-refractivity contribution in [1.82, 2.24) is 5.32 Å². The van der Waals surface area contributed by atoms with E-state index in [1.807, 2.05) is 0 Å². The number of aliphatic hydroxyl groups is 1. The van der Waals surface area contributed by atoms with Crippen molar-refractivity contribution in [2.75, 3.05) is 11.5 Å². The van der Waals surface area contributed by atoms with Crippen LogP contribution in [0.1, 0.15) is 20.7 Å². The maximum Gasteiger partial charge on any atom is 0.336 e. The predicted molar refractivity (Wildman–Crippen MR) is 94.8 cm³/mol. The maximum absolute atomic E-state index is 12.7. The van der Waals surface area contributed by atoms with Gasteiger partial charge in [0.25, 0.3) is 5.91 Å². The molecule has 0 bridgehead atoms. The fourth-order valence-electron chi connectivity index (χ4n) is 3.03. The lowest BCUT2D eigenvalue weighted by Crippen LogP contribution is -2.42. The fraction of sp³-hybridized carbons (Fsp3) is 0.222. The molecule has 3 N–H and O–H groups in total. The molecular formula is C18H17NO6S. The number of carboxylic acid groups (broad SMARTS) is 1. The molecule has 8 heteroatoms. The Labute approximate surface area is 150 Å². The first-order valence-corrected chi connectivity index (χ1v) is 9.72. The van der Waals surface area contributed by atoms with Crippen LogP contribution in [0.5, 0.6) is 0 Å². The number of benzene rings is 2. The topological polar surface area (TPSA) is 121 Å². The molecule has 26 heavy (non-hydrogen) atoms. The number of amides is 1. The second kappa shape index (κ2) is 6.89. The number of carbonyl (C=O) groups excluding carboxylic acids is 1. The third-order valence-corrected chi connectivity index (χ3v) is 5.97. The predicted octanol–water partition coefficient (Wildman–Crippen LogP) is 0.939. The van der Waals surface area contributed by atoms with E-state index in [1.165, 1.54) is 12.1 Å². The van der Waals surface area contributed by atoms with Crippen LogP contribution in [0.15, 0.2) is 48.5 Å². The number of rotatable bonds is 4. The highest BCUT2D eigenvalue weighted by atomic mass is 32.2. The minimum atomic E-state index is -3.40. The first-order valence-electron chi connectivity index (χ1n) is 7.89. The Morgan fingerprint density at radius 3 is 2.00 bits per heavy atom. The Morgan fingerprint density at radius 1 is 0.923 bits per heavy atom. The van der Waals surface area contributed by atoms with Crippen molar-refractivity contribution < 1.29 is 28.2 Å². The van der Waals surface area contributed by atoms with E-state index < -0.39 is 33.9 Å². The molecule has 2 aromatic rings. The van der Waals surface area contributed by atoms with Gasteiger partial charge in [-0.1, -0.05) is 36.4 Å². The lowest BCUT2D eigenvalue weighted by molar-refractivity contribution is 0.0697. The summed E-state index contributed by atoms with van der Waals surface area (Å²) in [6.45, 7) is 0. The van der Waals surface area contributed by atoms with E-state index in [2.05, 4.69) is 5.32 Å². The molecule has 1 aliphatic heterocycles. The van der Waals surface area contributed by atoms with Gasteiger partial charge in [-0.05, 0) is 23.3 Å². The molecule has 0 aromatic heterocycles. The summed E-state index contributed by atoms with van der Waals surface area (Å²) >= 11 is 0. The summed E-state index contributed by atoms with van der Waals surface area (Å²) in [5.41, 5.74) is 1.05. The lowest BCUT2D eigenvalue weighted by atomic mass is 9.95. The van der Waals surface area contributed by atoms with Crippen LogP contribution in [0.4, 0.5) is 0 Å². The van der Waals surface area contributed by atoms with Crippen molar-refractivity contribution in [3.05, 3.63) is 59.7 Å². The smallest absolute Gasteiger partial charge is 0.336 e. The zero-order valence-electron chi connectivity index (χ0n) is 13.6. The summed E-state index contributed by atoms with van der Waals surface area (Å²) in [4.78, 5) is 24.1. The summed E-state index contributed by atoms with van der Waals surface area (Å²) in [6.07, 6.45) is -1.16. The molecule has 2 atom stereocenters. The number of aromatic carboxylic acids is 1. The molecule has 1 aliphatic rings. The highest BCUT2D eigenvalue weighted by molar-refractivity contribution is 7.91. The molecule has 1 amide bonds. The molecular weight excluding hydrogens is 358 g/mol. The van der Waals surface area contributed by atoms with Crippen molar-refractivity contribution in [3.63, 3.8) is 0 Å². The van der Waals surface area contributed by atoms with Crippen LogP contribution in [-0.2, 0) is 9.84 Å². The summed E-state index contributed by atoms with van der Waals surface area (Å²) < 4.78 is 23.2. The Balaban J connectivity index is 1.96. The van der Waals surface area contributed by atoms with E-state index in [-0.39, 0.29) is 22.6 Å². The van der Waals surface area contributed by atoms with Gasteiger partial charge in [0.1, 0.15) is 0 Å². The van der Waals surface area contributed by atoms with Crippen LogP contribution in [-0.4, -0.2) is 54.2 Å². The summed E-state index contributed by atoms with van der Waals surface area (Å²) in [5.74, 6) is -2.40. The van der Waals surface area contributed by atoms with E-state index in [4.69, 9.17) is 0 Å². The van der Waals surface area contributed by atoms with Gasteiger partial charge in [0.05, 0.1) is 29.2 Å². The molecule has 136 valence electrons. The van der Waals surface area contributed by atoms with Crippen molar-refractivity contribution in [1.29, 1.82) is 0 Å². The number of sulfone groups is 1. The average Bonchev–Trinajstić information content (AvgIpc) is 2.86. The van der Waals surface area contributed by atoms with Crippen LogP contribution >= 0.6 is 0 Å². The van der Waals surface area contributed by atoms with Crippen LogP contribution in [0, 0.1) is 0 Å². The Hall–Kier alpha value is -2.71. The van der Waals surface area contributed by atoms with Gasteiger partial charge in [0, 0.05) is 5.56 Å². The second-order valence-corrected chi connectivity index (χ2v) is 8.27. The van der Waals surface area contributed by atoms with Crippen molar-refractivity contribution in [2.24, 2.45) is 0 Å². The minimum Gasteiger partial charge on any atom is -0.478 e. The van der Waals surface area contributed by atoms with Gasteiger partial charge in [0.2, 0.25) is 0 Å². The van der Waals surface area contributed by atoms with E-state index in [1.54, 1.807) is 36.4 Å². The molecule has 0 spiro atoms. The molecule has 7 nitrogen and oxygen atoms in total. The number of carboxylic acids is 1. The van der Waals surface area contributed by atoms with Crippen molar-refractivity contribution in [2.45, 2.75) is 12.1 Å². The largest absolute Gasteiger partial charge is 0.478 e. The van der Waals surface area contributed by atoms with Gasteiger partial charge in [-0.15, -0.1) is 0 Å². The van der Waals surface area contributed by atoms with Gasteiger partial charge in [-0.2, -0.15) is 0 Å². The molecule has 2 aromatic carbocycles. The first kappa shape index (κ1) is 18.1. The van der Waals surface area contributed by atoms with E-state index >= 15 is 0 Å². The maximum atomic E-state index is 12.7. The highest BCUT2D eigenvalue weighted by Crippen LogP contribution is 2.27. The minimum absolute atomic E-state index is 0.0521. The van der Waals surface area contributed by atoms with Crippen LogP contribution in [0.25, 0.3) is 11.1 Å². The molecule has 1 heterocycles. The van der Waals surface area contributed by atoms with Crippen LogP contribution < -0.4 is 5.32 Å². The number of hydrogen-bond acceptors (Lipinski definition) is 5. The lowest BCUT2D eigenvalue weighted by Gasteiger charge is -2.17. The normalized spacial score (nSPS) is 21.3. The van der Waals surface area contributed by atoms with Crippen LogP contribution in [0.3, 0.4) is 0 Å². The highest BCUT2D eigenvalue weighted by Gasteiger charge is 2.37. The third-order valence-electron chi connectivity index (χ3n) is 4.26. The summed E-state index contributed by atoms with van der Waals surface area (Å²) in [5, 5.41) is 21.8. The number of aliphatic hydroxyl groups excluding tert-OH is 1. The average molecular weight is 375 g/mol. The Kier molecular flexibility index (Phi) is 4.80. The molecule has 1 fully saturated rings. The van der Waals surface area contributed by atoms with Gasteiger partial charge < -0.3 is 15.5 Å². The third kappa shape index (κ3) is 3.61. The van der Waals surface area contributed by atoms with Gasteiger partial charge in [-0.25, -0.2) is 13.2 Å². The molecule has 0 unspecified atom stereocenters. The summed E-state index contributed by atoms with van der Waals surface area (Å²) in [7, 11) is -3.40. The number of hydrogen-bond donors (Lipinski definition) is 3. The van der Waals surface area contributed by atoms with E-state index in [9.17, 15) is 28.2 Å². The molecule has 0 radical (unpaired) electrons. The molecule has 1 saturated heterocycles. The van der Waals surface area contributed by atoms with Crippen molar-refractivity contribution in [3.8, 4) is 11.1 Å². The SMILES string of the molecule is O=C(O)c1ccccc1-c1ccccc1C(=O)N[C@H]1CS(=O)(=O)C[C@H]1O. The Bertz CT molecular complexity index is 969. The zero-order valence-corrected chi connectivity index (χ0v) is 14.4. The molecule has 0 saturated carbocycles. The quantitative estimate of drug-likeness (QED) is 0.731. The van der Waals surface area contributed by atoms with E-state index in [0.717, 1.165) is 0 Å². The first-order chi connectivity index (χ1) is 12.3.